The van der Waals surface area contributed by atoms with Crippen LogP contribution in [0.15, 0.2) is 18.2 Å². The molecule has 16 heavy (non-hydrogen) atoms. The van der Waals surface area contributed by atoms with Gasteiger partial charge in [0.1, 0.15) is 5.69 Å². The van der Waals surface area contributed by atoms with Crippen LogP contribution in [-0.2, 0) is 4.84 Å². The summed E-state index contributed by atoms with van der Waals surface area (Å²) in [6.45, 7) is 0. The molecule has 0 N–H and O–H groups in total. The standard InChI is InChI=1S/C7H6F3NO.CCl2O/c1-12-11(10)6-4-2-3-5(8)7(6)9;2-1(3)4/h2-4H,1H3;. The highest BCUT2D eigenvalue weighted by Gasteiger charge is 2.13. The van der Waals surface area contributed by atoms with Gasteiger partial charge in [-0.3, -0.25) is 4.79 Å². The maximum Gasteiger partial charge on any atom is 0.313 e. The fourth-order valence-electron chi connectivity index (χ4n) is 0.727. The first kappa shape index (κ1) is 15.0. The van der Waals surface area contributed by atoms with Crippen LogP contribution in [0, 0.1) is 11.6 Å². The molecule has 0 aromatic heterocycles. The zero-order chi connectivity index (χ0) is 12.7. The Morgan fingerprint density at radius 2 is 1.88 bits per heavy atom. The van der Waals surface area contributed by atoms with E-state index in [9.17, 15) is 13.3 Å². The number of rotatable bonds is 2. The molecule has 0 saturated heterocycles. The summed E-state index contributed by atoms with van der Waals surface area (Å²) in [6.07, 6.45) is 0. The number of carbonyl (C=O) groups is 1. The molecule has 0 atom stereocenters. The van der Waals surface area contributed by atoms with Crippen LogP contribution in [-0.4, -0.2) is 11.8 Å². The highest BCUT2D eigenvalue weighted by atomic mass is 35.5. The Morgan fingerprint density at radius 1 is 1.38 bits per heavy atom. The van der Waals surface area contributed by atoms with Crippen LogP contribution in [0.25, 0.3) is 0 Å². The van der Waals surface area contributed by atoms with Gasteiger partial charge in [-0.05, 0) is 35.3 Å². The van der Waals surface area contributed by atoms with Crippen molar-refractivity contribution in [3.05, 3.63) is 29.8 Å². The molecule has 0 aliphatic rings. The summed E-state index contributed by atoms with van der Waals surface area (Å²) in [4.78, 5) is 13.0. The predicted octanol–water partition coefficient (Wildman–Crippen LogP) is 3.80. The van der Waals surface area contributed by atoms with E-state index < -0.39 is 22.0 Å². The Morgan fingerprint density at radius 3 is 2.31 bits per heavy atom. The Kier molecular flexibility index (Phi) is 6.87. The number of carbonyl (C=O) groups excluding carboxylic acids is 1. The summed E-state index contributed by atoms with van der Waals surface area (Å²) in [5, 5.41) is -0.349. The normalized spacial score (nSPS) is 9.12. The minimum Gasteiger partial charge on any atom is -0.262 e. The average molecular weight is 276 g/mol. The number of hydrogen-bond donors (Lipinski definition) is 0. The van der Waals surface area contributed by atoms with Gasteiger partial charge in [0, 0.05) is 0 Å². The van der Waals surface area contributed by atoms with E-state index in [1.165, 1.54) is 6.07 Å². The highest BCUT2D eigenvalue weighted by Crippen LogP contribution is 2.21. The largest absolute Gasteiger partial charge is 0.313 e. The summed E-state index contributed by atoms with van der Waals surface area (Å²) < 4.78 is 36.8. The minimum absolute atomic E-state index is 0.349. The fourth-order valence-corrected chi connectivity index (χ4v) is 0.727. The van der Waals surface area contributed by atoms with Crippen LogP contribution in [0.3, 0.4) is 0 Å². The summed E-state index contributed by atoms with van der Waals surface area (Å²) >= 11 is 8.80. The monoisotopic (exact) mass is 275 g/mol. The molecule has 1 aromatic rings. The molecule has 90 valence electrons. The van der Waals surface area contributed by atoms with Gasteiger partial charge in [-0.1, -0.05) is 15.8 Å². The second kappa shape index (κ2) is 7.32. The second-order valence-corrected chi connectivity index (χ2v) is 3.11. The number of hydrogen-bond acceptors (Lipinski definition) is 3. The van der Waals surface area contributed by atoms with Crippen molar-refractivity contribution in [1.82, 2.24) is 0 Å². The van der Waals surface area contributed by atoms with Crippen LogP contribution in [0.4, 0.5) is 23.7 Å². The van der Waals surface area contributed by atoms with Crippen molar-refractivity contribution in [2.24, 2.45) is 0 Å². The van der Waals surface area contributed by atoms with Gasteiger partial charge in [-0.15, -0.1) is 0 Å². The third-order valence-electron chi connectivity index (χ3n) is 1.28. The van der Waals surface area contributed by atoms with E-state index in [4.69, 9.17) is 4.79 Å². The Labute approximate surface area is 99.2 Å². The number of benzene rings is 1. The van der Waals surface area contributed by atoms with Crippen LogP contribution in [0.1, 0.15) is 0 Å². The van der Waals surface area contributed by atoms with Crippen molar-refractivity contribution in [3.8, 4) is 0 Å². The summed E-state index contributed by atoms with van der Waals surface area (Å²) in [7, 11) is 1.00. The van der Waals surface area contributed by atoms with E-state index in [1.54, 1.807) is 0 Å². The molecule has 8 heteroatoms. The van der Waals surface area contributed by atoms with Gasteiger partial charge in [0.05, 0.1) is 7.11 Å². The predicted molar refractivity (Wildman–Crippen MR) is 54.1 cm³/mol. The van der Waals surface area contributed by atoms with Gasteiger partial charge in [-0.2, -0.15) is 0 Å². The molecule has 0 unspecified atom stereocenters. The molecule has 3 nitrogen and oxygen atoms in total. The SMILES string of the molecule is CON(F)c1cccc(F)c1F.O=C(Cl)Cl. The highest BCUT2D eigenvalue weighted by molar-refractivity contribution is 6.93. The molecule has 0 fully saturated rings. The van der Waals surface area contributed by atoms with E-state index in [0.717, 1.165) is 19.2 Å². The lowest BCUT2D eigenvalue weighted by Gasteiger charge is -2.10. The first-order chi connectivity index (χ1) is 7.40. The Bertz CT molecular complexity index is 361. The van der Waals surface area contributed by atoms with E-state index in [0.29, 0.717) is 0 Å². The molecular formula is C8H6Cl2F3NO2. The quantitative estimate of drug-likeness (QED) is 0.467. The van der Waals surface area contributed by atoms with Crippen LogP contribution in [0.2, 0.25) is 0 Å². The smallest absolute Gasteiger partial charge is 0.262 e. The molecule has 0 aliphatic carbocycles. The minimum atomic E-state index is -1.28. The molecule has 0 bridgehead atoms. The van der Waals surface area contributed by atoms with E-state index in [-0.39, 0.29) is 5.29 Å². The topological polar surface area (TPSA) is 29.5 Å². The zero-order valence-corrected chi connectivity index (χ0v) is 9.40. The van der Waals surface area contributed by atoms with Gasteiger partial charge in [-0.25, -0.2) is 13.6 Å². The lowest BCUT2D eigenvalue weighted by Crippen LogP contribution is -2.11. The van der Waals surface area contributed by atoms with Crippen molar-refractivity contribution in [3.63, 3.8) is 0 Å². The van der Waals surface area contributed by atoms with E-state index >= 15 is 0 Å². The average Bonchev–Trinajstić information content (AvgIpc) is 2.20. The lowest BCUT2D eigenvalue weighted by molar-refractivity contribution is 0.0574. The summed E-state index contributed by atoms with van der Waals surface area (Å²) in [5.74, 6) is -2.39. The molecular weight excluding hydrogens is 270 g/mol. The van der Waals surface area contributed by atoms with Crippen molar-refractivity contribution >= 4 is 33.6 Å². The van der Waals surface area contributed by atoms with Gasteiger partial charge < -0.3 is 0 Å². The van der Waals surface area contributed by atoms with Gasteiger partial charge >= 0.3 is 4.70 Å². The third-order valence-corrected chi connectivity index (χ3v) is 1.28. The van der Waals surface area contributed by atoms with Crippen molar-refractivity contribution in [2.45, 2.75) is 0 Å². The maximum absolute atomic E-state index is 12.7. The second-order valence-electron chi connectivity index (χ2n) is 2.23. The first-order valence-corrected chi connectivity index (χ1v) is 4.44. The van der Waals surface area contributed by atoms with Crippen LogP contribution in [0.5, 0.6) is 0 Å². The Hall–Kier alpha value is -0.980. The van der Waals surface area contributed by atoms with Crippen molar-refractivity contribution in [1.29, 1.82) is 0 Å². The van der Waals surface area contributed by atoms with Crippen LogP contribution < -0.4 is 5.29 Å². The molecule has 0 radical (unpaired) electrons. The number of anilines is 1. The first-order valence-electron chi connectivity index (χ1n) is 3.69. The number of halogens is 5. The third kappa shape index (κ3) is 5.20. The lowest BCUT2D eigenvalue weighted by atomic mass is 10.3. The zero-order valence-electron chi connectivity index (χ0n) is 7.89. The van der Waals surface area contributed by atoms with E-state index in [1.807, 2.05) is 0 Å². The molecule has 0 saturated carbocycles. The molecule has 0 amide bonds. The van der Waals surface area contributed by atoms with Gasteiger partial charge in [0.2, 0.25) is 0 Å². The fraction of sp³-hybridized carbons (Fsp3) is 0.125. The molecule has 1 rings (SSSR count). The molecule has 0 spiro atoms. The molecule has 1 aromatic carbocycles. The Balaban J connectivity index is 0.000000487. The number of nitrogens with zero attached hydrogens (tertiary/aromatic N) is 1. The van der Waals surface area contributed by atoms with E-state index in [2.05, 4.69) is 28.0 Å². The summed E-state index contributed by atoms with van der Waals surface area (Å²) in [5.41, 5.74) is -0.586. The molecule has 0 heterocycles. The van der Waals surface area contributed by atoms with Gasteiger partial charge in [0.15, 0.2) is 11.6 Å². The van der Waals surface area contributed by atoms with Crippen molar-refractivity contribution in [2.75, 3.05) is 12.4 Å². The van der Waals surface area contributed by atoms with Gasteiger partial charge in [0.25, 0.3) is 0 Å². The van der Waals surface area contributed by atoms with Crippen LogP contribution >= 0.6 is 23.2 Å². The van der Waals surface area contributed by atoms with Crippen molar-refractivity contribution < 1.29 is 22.9 Å². The summed E-state index contributed by atoms with van der Waals surface area (Å²) in [6, 6.07) is 3.13. The molecule has 0 aliphatic heterocycles. The maximum atomic E-state index is 12.7.